The monoisotopic (exact) mass is 303 g/mol. The number of benzene rings is 1. The lowest BCUT2D eigenvalue weighted by atomic mass is 10.3. The van der Waals surface area contributed by atoms with Crippen LogP contribution in [0.1, 0.15) is 5.69 Å². The number of ether oxygens (including phenoxy) is 1. The number of rotatable bonds is 2. The molecule has 0 spiro atoms. The van der Waals surface area contributed by atoms with Gasteiger partial charge in [-0.1, -0.05) is 22.0 Å². The highest BCUT2D eigenvalue weighted by Crippen LogP contribution is 2.26. The zero-order chi connectivity index (χ0) is 12.5. The minimum atomic E-state index is 0.552. The highest BCUT2D eigenvalue weighted by Gasteiger charge is 2.07. The molecule has 4 nitrogen and oxygen atoms in total. The minimum absolute atomic E-state index is 0.552. The molecule has 90 valence electrons. The molecule has 0 N–H and O–H groups in total. The smallest absolute Gasteiger partial charge is 0.245 e. The van der Waals surface area contributed by atoms with Crippen molar-refractivity contribution in [3.63, 3.8) is 0 Å². The first kappa shape index (κ1) is 11.2. The molecule has 0 aliphatic heterocycles. The van der Waals surface area contributed by atoms with E-state index in [0.717, 1.165) is 21.4 Å². The first-order chi connectivity index (χ1) is 8.72. The molecule has 0 bridgehead atoms. The van der Waals surface area contributed by atoms with Gasteiger partial charge < -0.3 is 4.74 Å². The summed E-state index contributed by atoms with van der Waals surface area (Å²) in [5.74, 6) is 1.29. The highest BCUT2D eigenvalue weighted by atomic mass is 79.9. The van der Waals surface area contributed by atoms with Crippen molar-refractivity contribution in [2.75, 3.05) is 0 Å². The Hall–Kier alpha value is -1.88. The number of nitrogens with zero attached hydrogens (tertiary/aromatic N) is 3. The van der Waals surface area contributed by atoms with Gasteiger partial charge in [-0.2, -0.15) is 5.10 Å². The maximum absolute atomic E-state index is 5.78. The largest absolute Gasteiger partial charge is 0.437 e. The predicted octanol–water partition coefficient (Wildman–Crippen LogP) is 3.59. The normalized spacial score (nSPS) is 10.8. The number of aryl methyl sites for hydroxylation is 1. The summed E-state index contributed by atoms with van der Waals surface area (Å²) in [4.78, 5) is 4.25. The Morgan fingerprint density at radius 3 is 3.00 bits per heavy atom. The van der Waals surface area contributed by atoms with Crippen molar-refractivity contribution in [1.82, 2.24) is 14.6 Å². The molecule has 2 heterocycles. The van der Waals surface area contributed by atoms with Gasteiger partial charge in [0.25, 0.3) is 0 Å². The van der Waals surface area contributed by atoms with Crippen molar-refractivity contribution in [2.45, 2.75) is 6.92 Å². The van der Waals surface area contributed by atoms with Crippen molar-refractivity contribution in [3.05, 3.63) is 52.9 Å². The molecule has 18 heavy (non-hydrogen) atoms. The zero-order valence-electron chi connectivity index (χ0n) is 9.67. The lowest BCUT2D eigenvalue weighted by Gasteiger charge is -2.05. The van der Waals surface area contributed by atoms with E-state index in [9.17, 15) is 0 Å². The van der Waals surface area contributed by atoms with E-state index < -0.39 is 0 Å². The van der Waals surface area contributed by atoms with Gasteiger partial charge >= 0.3 is 0 Å². The molecule has 5 heteroatoms. The van der Waals surface area contributed by atoms with E-state index in [0.29, 0.717) is 5.88 Å². The van der Waals surface area contributed by atoms with E-state index in [1.807, 2.05) is 37.3 Å². The molecular formula is C13H10BrN3O. The molecule has 0 amide bonds. The molecule has 0 aliphatic rings. The number of aromatic nitrogens is 3. The average Bonchev–Trinajstić information content (AvgIpc) is 2.71. The van der Waals surface area contributed by atoms with E-state index in [1.165, 1.54) is 0 Å². The molecule has 0 atom stereocenters. The molecule has 3 rings (SSSR count). The number of halogens is 1. The van der Waals surface area contributed by atoms with Crippen LogP contribution < -0.4 is 4.74 Å². The number of hydrogen-bond donors (Lipinski definition) is 0. The van der Waals surface area contributed by atoms with E-state index in [-0.39, 0.29) is 0 Å². The lowest BCUT2D eigenvalue weighted by molar-refractivity contribution is 0.465. The molecule has 0 saturated heterocycles. The van der Waals surface area contributed by atoms with Crippen molar-refractivity contribution >= 4 is 21.4 Å². The first-order valence-electron chi connectivity index (χ1n) is 5.47. The topological polar surface area (TPSA) is 39.4 Å². The van der Waals surface area contributed by atoms with Gasteiger partial charge in [-0.3, -0.25) is 0 Å². The van der Waals surface area contributed by atoms with E-state index in [4.69, 9.17) is 4.74 Å². The molecule has 0 unspecified atom stereocenters. The maximum atomic E-state index is 5.78. The summed E-state index contributed by atoms with van der Waals surface area (Å²) in [5.41, 5.74) is 1.79. The van der Waals surface area contributed by atoms with Gasteiger partial charge in [0.05, 0.1) is 5.69 Å². The summed E-state index contributed by atoms with van der Waals surface area (Å²) in [7, 11) is 0. The second-order valence-corrected chi connectivity index (χ2v) is 4.82. The van der Waals surface area contributed by atoms with Gasteiger partial charge in [-0.05, 0) is 31.2 Å². The number of fused-ring (bicyclic) bond motifs is 1. The molecule has 2 aromatic heterocycles. The van der Waals surface area contributed by atoms with Crippen LogP contribution in [0, 0.1) is 6.92 Å². The third kappa shape index (κ3) is 2.09. The fraction of sp³-hybridized carbons (Fsp3) is 0.0769. The maximum Gasteiger partial charge on any atom is 0.245 e. The summed E-state index contributed by atoms with van der Waals surface area (Å²) < 4.78 is 8.51. The Kier molecular flexibility index (Phi) is 2.76. The molecule has 0 saturated carbocycles. The van der Waals surface area contributed by atoms with E-state index in [2.05, 4.69) is 26.0 Å². The fourth-order valence-electron chi connectivity index (χ4n) is 1.74. The van der Waals surface area contributed by atoms with Crippen molar-refractivity contribution < 1.29 is 4.74 Å². The Morgan fingerprint density at radius 1 is 1.28 bits per heavy atom. The molecule has 1 aromatic carbocycles. The Bertz CT molecular complexity index is 708. The third-order valence-corrected chi connectivity index (χ3v) is 2.98. The van der Waals surface area contributed by atoms with Crippen LogP contribution >= 0.6 is 15.9 Å². The van der Waals surface area contributed by atoms with Crippen LogP contribution in [0.25, 0.3) is 5.52 Å². The summed E-state index contributed by atoms with van der Waals surface area (Å²) in [6, 6.07) is 9.60. The van der Waals surface area contributed by atoms with E-state index in [1.54, 1.807) is 16.9 Å². The first-order valence-corrected chi connectivity index (χ1v) is 6.26. The highest BCUT2D eigenvalue weighted by molar-refractivity contribution is 9.10. The van der Waals surface area contributed by atoms with Gasteiger partial charge in [0, 0.05) is 16.9 Å². The van der Waals surface area contributed by atoms with Gasteiger partial charge in [0.2, 0.25) is 5.88 Å². The Balaban J connectivity index is 2.04. The van der Waals surface area contributed by atoms with Gasteiger partial charge in [-0.25, -0.2) is 9.50 Å². The van der Waals surface area contributed by atoms with Crippen LogP contribution in [0.2, 0.25) is 0 Å². The Labute approximate surface area is 112 Å². The van der Waals surface area contributed by atoms with Crippen LogP contribution in [-0.4, -0.2) is 14.6 Å². The van der Waals surface area contributed by atoms with Crippen LogP contribution in [0.3, 0.4) is 0 Å². The summed E-state index contributed by atoms with van der Waals surface area (Å²) in [6.45, 7) is 1.94. The SMILES string of the molecule is Cc1cc2c(Oc3cccc(Br)c3)nccn2n1. The van der Waals surface area contributed by atoms with Crippen LogP contribution in [0.5, 0.6) is 11.6 Å². The van der Waals surface area contributed by atoms with Crippen molar-refractivity contribution in [3.8, 4) is 11.6 Å². The summed E-state index contributed by atoms with van der Waals surface area (Å²) in [5, 5.41) is 4.32. The minimum Gasteiger partial charge on any atom is -0.437 e. The zero-order valence-corrected chi connectivity index (χ0v) is 11.3. The Morgan fingerprint density at radius 2 is 2.17 bits per heavy atom. The number of hydrogen-bond acceptors (Lipinski definition) is 3. The standard InChI is InChI=1S/C13H10BrN3O/c1-9-7-12-13(15-5-6-17(12)16-9)18-11-4-2-3-10(14)8-11/h2-8H,1H3. The van der Waals surface area contributed by atoms with Gasteiger partial charge in [-0.15, -0.1) is 0 Å². The lowest BCUT2D eigenvalue weighted by Crippen LogP contribution is -1.93. The second-order valence-electron chi connectivity index (χ2n) is 3.91. The average molecular weight is 304 g/mol. The van der Waals surface area contributed by atoms with Crippen LogP contribution in [-0.2, 0) is 0 Å². The van der Waals surface area contributed by atoms with Crippen molar-refractivity contribution in [2.24, 2.45) is 0 Å². The fourth-order valence-corrected chi connectivity index (χ4v) is 2.12. The van der Waals surface area contributed by atoms with Gasteiger partial charge in [0.15, 0.2) is 0 Å². The molecule has 0 aliphatic carbocycles. The third-order valence-electron chi connectivity index (χ3n) is 2.49. The summed E-state index contributed by atoms with van der Waals surface area (Å²) >= 11 is 3.41. The van der Waals surface area contributed by atoms with E-state index >= 15 is 0 Å². The summed E-state index contributed by atoms with van der Waals surface area (Å²) in [6.07, 6.45) is 3.48. The predicted molar refractivity (Wildman–Crippen MR) is 71.9 cm³/mol. The van der Waals surface area contributed by atoms with Crippen LogP contribution in [0.4, 0.5) is 0 Å². The molecule has 0 radical (unpaired) electrons. The molecule has 0 fully saturated rings. The molecular weight excluding hydrogens is 294 g/mol. The second kappa shape index (κ2) is 4.42. The van der Waals surface area contributed by atoms with Crippen LogP contribution in [0.15, 0.2) is 47.2 Å². The van der Waals surface area contributed by atoms with Gasteiger partial charge in [0.1, 0.15) is 11.3 Å². The van der Waals surface area contributed by atoms with Crippen molar-refractivity contribution in [1.29, 1.82) is 0 Å². The molecule has 3 aromatic rings. The quantitative estimate of drug-likeness (QED) is 0.726.